The van der Waals surface area contributed by atoms with E-state index in [4.69, 9.17) is 21.1 Å². The second-order valence-electron chi connectivity index (χ2n) is 7.25. The lowest BCUT2D eigenvalue weighted by Gasteiger charge is -2.31. The average molecular weight is 410 g/mol. The molecule has 0 unspecified atom stereocenters. The summed E-state index contributed by atoms with van der Waals surface area (Å²) in [4.78, 5) is 26.4. The summed E-state index contributed by atoms with van der Waals surface area (Å²) in [5.41, 5.74) is 0.803. The maximum atomic E-state index is 12.4. The van der Waals surface area contributed by atoms with Crippen molar-refractivity contribution < 1.29 is 19.1 Å². The first kappa shape index (κ1) is 20.7. The lowest BCUT2D eigenvalue weighted by Crippen LogP contribution is -2.47. The highest BCUT2D eigenvalue weighted by atomic mass is 35.5. The quantitative estimate of drug-likeness (QED) is 0.717. The first-order valence-electron chi connectivity index (χ1n) is 9.91. The van der Waals surface area contributed by atoms with Crippen LogP contribution in [-0.4, -0.2) is 62.1 Å². The Morgan fingerprint density at radius 3 is 2.68 bits per heavy atom. The molecule has 2 amide bonds. The van der Waals surface area contributed by atoms with E-state index in [9.17, 15) is 9.59 Å². The van der Waals surface area contributed by atoms with Crippen molar-refractivity contribution in [2.75, 3.05) is 39.4 Å². The van der Waals surface area contributed by atoms with Crippen LogP contribution in [0.4, 0.5) is 0 Å². The minimum atomic E-state index is -0.0353. The summed E-state index contributed by atoms with van der Waals surface area (Å²) in [6, 6.07) is 3.71. The Bertz CT molecular complexity index is 705. The van der Waals surface area contributed by atoms with Crippen molar-refractivity contribution in [3.05, 3.63) is 22.7 Å². The van der Waals surface area contributed by atoms with Crippen molar-refractivity contribution in [2.24, 2.45) is 0 Å². The molecule has 3 rings (SSSR count). The van der Waals surface area contributed by atoms with Gasteiger partial charge in [0.2, 0.25) is 11.8 Å². The maximum absolute atomic E-state index is 12.4. The molecule has 2 aliphatic rings. The fourth-order valence-electron chi connectivity index (χ4n) is 3.49. The average Bonchev–Trinajstić information content (AvgIpc) is 2.68. The second kappa shape index (κ2) is 9.98. The van der Waals surface area contributed by atoms with Gasteiger partial charge in [0.05, 0.1) is 18.0 Å². The molecule has 2 heterocycles. The van der Waals surface area contributed by atoms with Gasteiger partial charge >= 0.3 is 0 Å². The first-order valence-corrected chi connectivity index (χ1v) is 10.3. The molecular formula is C20H28ClN3O4. The number of carbonyl (C=O) groups is 2. The van der Waals surface area contributed by atoms with Gasteiger partial charge in [-0.2, -0.15) is 0 Å². The van der Waals surface area contributed by atoms with Crippen molar-refractivity contribution in [3.8, 4) is 11.5 Å². The maximum Gasteiger partial charge on any atom is 0.234 e. The van der Waals surface area contributed by atoms with Crippen LogP contribution in [0.25, 0.3) is 0 Å². The molecule has 0 bridgehead atoms. The Morgan fingerprint density at radius 2 is 1.93 bits per heavy atom. The number of fused-ring (bicyclic) bond motifs is 1. The van der Waals surface area contributed by atoms with E-state index < -0.39 is 0 Å². The molecule has 1 aromatic rings. The summed E-state index contributed by atoms with van der Waals surface area (Å²) in [7, 11) is 0. The van der Waals surface area contributed by atoms with E-state index in [0.29, 0.717) is 36.3 Å². The number of nitrogens with one attached hydrogen (secondary N) is 2. The van der Waals surface area contributed by atoms with Crippen LogP contribution in [0.15, 0.2) is 12.1 Å². The van der Waals surface area contributed by atoms with E-state index >= 15 is 0 Å². The van der Waals surface area contributed by atoms with Crippen molar-refractivity contribution in [1.82, 2.24) is 15.5 Å². The largest absolute Gasteiger partial charge is 0.486 e. The molecule has 0 aliphatic carbocycles. The number of halogens is 1. The Balaban J connectivity index is 1.44. The number of ether oxygens (including phenoxy) is 2. The Kier molecular flexibility index (Phi) is 7.39. The molecule has 1 saturated heterocycles. The van der Waals surface area contributed by atoms with Gasteiger partial charge in [-0.25, -0.2) is 0 Å². The zero-order valence-corrected chi connectivity index (χ0v) is 17.0. The summed E-state index contributed by atoms with van der Waals surface area (Å²) >= 11 is 6.24. The van der Waals surface area contributed by atoms with E-state index in [-0.39, 0.29) is 24.3 Å². The monoisotopic (exact) mass is 409 g/mol. The highest BCUT2D eigenvalue weighted by Crippen LogP contribution is 2.38. The molecular weight excluding hydrogens is 382 g/mol. The van der Waals surface area contributed by atoms with Gasteiger partial charge < -0.3 is 20.1 Å². The number of piperidine rings is 1. The van der Waals surface area contributed by atoms with Crippen LogP contribution < -0.4 is 20.1 Å². The number of benzene rings is 1. The van der Waals surface area contributed by atoms with Gasteiger partial charge in [-0.15, -0.1) is 0 Å². The fraction of sp³-hybridized carbons (Fsp3) is 0.600. The van der Waals surface area contributed by atoms with Gasteiger partial charge in [0.25, 0.3) is 0 Å². The fourth-order valence-corrected chi connectivity index (χ4v) is 3.78. The smallest absolute Gasteiger partial charge is 0.234 e. The molecule has 0 saturated carbocycles. The van der Waals surface area contributed by atoms with Crippen molar-refractivity contribution in [1.29, 1.82) is 0 Å². The Hall–Kier alpha value is -1.99. The van der Waals surface area contributed by atoms with Crippen LogP contribution >= 0.6 is 11.6 Å². The van der Waals surface area contributed by atoms with Gasteiger partial charge in [0.1, 0.15) is 13.2 Å². The van der Waals surface area contributed by atoms with Crippen LogP contribution in [0.2, 0.25) is 5.02 Å². The van der Waals surface area contributed by atoms with Crippen LogP contribution in [-0.2, 0) is 16.0 Å². The van der Waals surface area contributed by atoms with E-state index in [1.165, 1.54) is 0 Å². The predicted molar refractivity (Wildman–Crippen MR) is 107 cm³/mol. The van der Waals surface area contributed by atoms with Gasteiger partial charge in [0, 0.05) is 25.7 Å². The SMILES string of the molecule is CCCNC(=O)CN1CCC(NC(=O)Cc2cc(Cl)c3c(c2)OCCO3)CC1. The third-order valence-corrected chi connectivity index (χ3v) is 5.19. The predicted octanol–water partition coefficient (Wildman–Crippen LogP) is 1.76. The van der Waals surface area contributed by atoms with E-state index in [2.05, 4.69) is 15.5 Å². The number of carbonyl (C=O) groups excluding carboxylic acids is 2. The Morgan fingerprint density at radius 1 is 1.18 bits per heavy atom. The number of hydrogen-bond donors (Lipinski definition) is 2. The van der Waals surface area contributed by atoms with Crippen molar-refractivity contribution >= 4 is 23.4 Å². The van der Waals surface area contributed by atoms with Crippen molar-refractivity contribution in [2.45, 2.75) is 38.6 Å². The number of rotatable bonds is 7. The molecule has 0 atom stereocenters. The number of likely N-dealkylation sites (tertiary alicyclic amines) is 1. The minimum Gasteiger partial charge on any atom is -0.486 e. The number of amides is 2. The third-order valence-electron chi connectivity index (χ3n) is 4.91. The molecule has 7 nitrogen and oxygen atoms in total. The molecule has 8 heteroatoms. The summed E-state index contributed by atoms with van der Waals surface area (Å²) < 4.78 is 11.1. The van der Waals surface area contributed by atoms with Gasteiger partial charge in [-0.05, 0) is 37.0 Å². The third kappa shape index (κ3) is 5.75. The molecule has 2 aliphatic heterocycles. The lowest BCUT2D eigenvalue weighted by atomic mass is 10.0. The summed E-state index contributed by atoms with van der Waals surface area (Å²) in [6.45, 7) is 5.75. The lowest BCUT2D eigenvalue weighted by molar-refractivity contribution is -0.124. The van der Waals surface area contributed by atoms with Gasteiger partial charge in [-0.1, -0.05) is 18.5 Å². The van der Waals surface area contributed by atoms with Crippen LogP contribution in [0.1, 0.15) is 31.7 Å². The Labute approximate surface area is 170 Å². The van der Waals surface area contributed by atoms with Crippen LogP contribution in [0, 0.1) is 0 Å². The molecule has 0 radical (unpaired) electrons. The molecule has 28 heavy (non-hydrogen) atoms. The highest BCUT2D eigenvalue weighted by molar-refractivity contribution is 6.32. The number of nitrogens with zero attached hydrogens (tertiary/aromatic N) is 1. The topological polar surface area (TPSA) is 79.9 Å². The molecule has 0 aromatic heterocycles. The van der Waals surface area contributed by atoms with Gasteiger partial charge in [0.15, 0.2) is 11.5 Å². The zero-order chi connectivity index (χ0) is 19.9. The normalized spacial score (nSPS) is 17.2. The van der Waals surface area contributed by atoms with E-state index in [1.807, 2.05) is 13.0 Å². The molecule has 0 spiro atoms. The molecule has 1 fully saturated rings. The van der Waals surface area contributed by atoms with Gasteiger partial charge in [-0.3, -0.25) is 14.5 Å². The highest BCUT2D eigenvalue weighted by Gasteiger charge is 2.23. The summed E-state index contributed by atoms with van der Waals surface area (Å²) in [5.74, 6) is 1.18. The van der Waals surface area contributed by atoms with Crippen molar-refractivity contribution in [3.63, 3.8) is 0 Å². The van der Waals surface area contributed by atoms with Crippen LogP contribution in [0.5, 0.6) is 11.5 Å². The summed E-state index contributed by atoms with van der Waals surface area (Å²) in [6.07, 6.45) is 2.87. The minimum absolute atomic E-state index is 0.0353. The number of hydrogen-bond acceptors (Lipinski definition) is 5. The zero-order valence-electron chi connectivity index (χ0n) is 16.3. The van der Waals surface area contributed by atoms with E-state index in [0.717, 1.165) is 44.5 Å². The standard InChI is InChI=1S/C20H28ClN3O4/c1-2-5-22-19(26)13-24-6-3-15(4-7-24)23-18(25)12-14-10-16(21)20-17(11-14)27-8-9-28-20/h10-11,15H,2-9,12-13H2,1H3,(H,22,26)(H,23,25). The van der Waals surface area contributed by atoms with Crippen LogP contribution in [0.3, 0.4) is 0 Å². The molecule has 1 aromatic carbocycles. The van der Waals surface area contributed by atoms with E-state index in [1.54, 1.807) is 6.07 Å². The first-order chi connectivity index (χ1) is 13.5. The molecule has 2 N–H and O–H groups in total. The molecule has 154 valence electrons. The summed E-state index contributed by atoms with van der Waals surface area (Å²) in [5, 5.41) is 6.46. The second-order valence-corrected chi connectivity index (χ2v) is 7.65.